The highest BCUT2D eigenvalue weighted by Gasteiger charge is 2.48. The smallest absolute Gasteiger partial charge is 0.394 e. The van der Waals surface area contributed by atoms with Gasteiger partial charge in [0, 0.05) is 6.42 Å². The number of nitrogens with one attached hydrogen (secondary N) is 1. The summed E-state index contributed by atoms with van der Waals surface area (Å²) >= 11 is 0. The van der Waals surface area contributed by atoms with Gasteiger partial charge in [0.2, 0.25) is 5.91 Å². The Hall–Kier alpha value is -1.16. The van der Waals surface area contributed by atoms with Crippen molar-refractivity contribution in [3.63, 3.8) is 0 Å². The van der Waals surface area contributed by atoms with Crippen LogP contribution in [0.1, 0.15) is 341 Å². The fraction of sp³-hybridized carbons (Fsp3) is 0.954. The Balaban J connectivity index is 2.09. The number of amides is 1. The molecule has 12 nitrogen and oxygen atoms in total. The van der Waals surface area contributed by atoms with Crippen molar-refractivity contribution in [3.8, 4) is 0 Å². The Labute approximate surface area is 480 Å². The normalized spacial score (nSPS) is 18.8. The summed E-state index contributed by atoms with van der Waals surface area (Å²) in [7, 11) is -5.09. The van der Waals surface area contributed by atoms with E-state index in [0.717, 1.165) is 38.5 Å². The van der Waals surface area contributed by atoms with Gasteiger partial charge >= 0.3 is 10.4 Å². The summed E-state index contributed by atoms with van der Waals surface area (Å²) in [6, 6.07) is -0.940. The van der Waals surface area contributed by atoms with Crippen molar-refractivity contribution < 1.29 is 51.8 Å². The molecule has 0 saturated carbocycles. The topological polar surface area (TPSA) is 192 Å². The van der Waals surface area contributed by atoms with E-state index in [2.05, 4.69) is 23.3 Å². The fourth-order valence-corrected chi connectivity index (χ4v) is 11.7. The van der Waals surface area contributed by atoms with Gasteiger partial charge in [-0.05, 0) is 19.3 Å². The Morgan fingerprint density at radius 2 is 0.808 bits per heavy atom. The van der Waals surface area contributed by atoms with Crippen LogP contribution in [-0.4, -0.2) is 95.4 Å². The monoisotopic (exact) mass is 1130 g/mol. The van der Waals surface area contributed by atoms with E-state index in [4.69, 9.17) is 9.47 Å². The second-order valence-electron chi connectivity index (χ2n) is 23.8. The first kappa shape index (κ1) is 74.9. The average molecular weight is 1130 g/mol. The Morgan fingerprint density at radius 1 is 0.500 bits per heavy atom. The van der Waals surface area contributed by atoms with E-state index in [1.165, 1.54) is 276 Å². The Kier molecular flexibility index (Phi) is 52.8. The summed E-state index contributed by atoms with van der Waals surface area (Å²) < 4.78 is 47.8. The first-order chi connectivity index (χ1) is 38.0. The lowest BCUT2D eigenvalue weighted by Crippen LogP contribution is -2.61. The Morgan fingerprint density at radius 3 is 1.12 bits per heavy atom. The Bertz CT molecular complexity index is 1420. The van der Waals surface area contributed by atoms with Gasteiger partial charge in [-0.3, -0.25) is 9.35 Å². The van der Waals surface area contributed by atoms with Crippen molar-refractivity contribution in [2.75, 3.05) is 13.2 Å². The van der Waals surface area contributed by atoms with E-state index in [1.54, 1.807) is 6.08 Å². The quantitative estimate of drug-likeness (QED) is 0.0193. The third-order valence-electron chi connectivity index (χ3n) is 16.3. The van der Waals surface area contributed by atoms with Crippen LogP contribution in [0, 0.1) is 0 Å². The molecule has 6 N–H and O–H groups in total. The van der Waals surface area contributed by atoms with Crippen molar-refractivity contribution in [3.05, 3.63) is 12.2 Å². The number of hydrogen-bond acceptors (Lipinski definition) is 10. The van der Waals surface area contributed by atoms with E-state index >= 15 is 0 Å². The molecule has 1 aliphatic rings. The molecule has 0 radical (unpaired) electrons. The molecule has 464 valence electrons. The molecule has 1 amide bonds. The second kappa shape index (κ2) is 55.1. The van der Waals surface area contributed by atoms with Crippen LogP contribution in [0.15, 0.2) is 12.2 Å². The van der Waals surface area contributed by atoms with Crippen molar-refractivity contribution in [2.24, 2.45) is 0 Å². The maximum atomic E-state index is 13.1. The largest absolute Gasteiger partial charge is 0.397 e. The summed E-state index contributed by atoms with van der Waals surface area (Å²) in [5.74, 6) is -0.256. The van der Waals surface area contributed by atoms with E-state index in [9.17, 15) is 38.2 Å². The predicted molar refractivity (Wildman–Crippen MR) is 324 cm³/mol. The summed E-state index contributed by atoms with van der Waals surface area (Å²) in [4.78, 5) is 13.1. The van der Waals surface area contributed by atoms with Gasteiger partial charge in [0.25, 0.3) is 0 Å². The van der Waals surface area contributed by atoms with Gasteiger partial charge in [-0.2, -0.15) is 8.42 Å². The van der Waals surface area contributed by atoms with Crippen LogP contribution < -0.4 is 5.32 Å². The number of allylic oxidation sites excluding steroid dienone is 1. The first-order valence-corrected chi connectivity index (χ1v) is 34.9. The minimum Gasteiger partial charge on any atom is -0.394 e. The lowest BCUT2D eigenvalue weighted by molar-refractivity contribution is -0.298. The molecule has 0 bridgehead atoms. The van der Waals surface area contributed by atoms with Crippen molar-refractivity contribution in [1.82, 2.24) is 5.32 Å². The highest BCUT2D eigenvalue weighted by molar-refractivity contribution is 7.80. The molecule has 13 heteroatoms. The number of carbonyl (C=O) groups is 1. The highest BCUT2D eigenvalue weighted by Crippen LogP contribution is 2.26. The number of aliphatic hydroxyl groups is 4. The lowest BCUT2D eigenvalue weighted by atomic mass is 9.99. The molecule has 7 atom stereocenters. The minimum atomic E-state index is -5.09. The first-order valence-electron chi connectivity index (χ1n) is 33.6. The van der Waals surface area contributed by atoms with E-state index in [0.29, 0.717) is 6.42 Å². The molecule has 1 aliphatic heterocycles. The van der Waals surface area contributed by atoms with Crippen molar-refractivity contribution >= 4 is 16.3 Å². The van der Waals surface area contributed by atoms with E-state index < -0.39 is 59.9 Å². The zero-order valence-corrected chi connectivity index (χ0v) is 51.6. The van der Waals surface area contributed by atoms with Crippen molar-refractivity contribution in [1.29, 1.82) is 0 Å². The number of ether oxygens (including phenoxy) is 2. The van der Waals surface area contributed by atoms with Crippen LogP contribution in [-0.2, 0) is 28.9 Å². The maximum Gasteiger partial charge on any atom is 0.397 e. The molecule has 0 spiro atoms. The second-order valence-corrected chi connectivity index (χ2v) is 24.8. The third-order valence-corrected chi connectivity index (χ3v) is 16.8. The number of rotatable bonds is 60. The molecule has 7 unspecified atom stereocenters. The van der Waals surface area contributed by atoms with Crippen LogP contribution in [0.3, 0.4) is 0 Å². The van der Waals surface area contributed by atoms with Crippen LogP contribution >= 0.6 is 0 Å². The van der Waals surface area contributed by atoms with E-state index in [-0.39, 0.29) is 18.9 Å². The highest BCUT2D eigenvalue weighted by atomic mass is 32.3. The van der Waals surface area contributed by atoms with Crippen LogP contribution in [0.5, 0.6) is 0 Å². The summed E-state index contributed by atoms with van der Waals surface area (Å²) in [6.07, 6.45) is 60.4. The molecule has 1 rings (SSSR count). The number of unbranched alkanes of at least 4 members (excludes halogenated alkanes) is 48. The number of carbonyl (C=O) groups excluding carboxylic acids is 1. The van der Waals surface area contributed by atoms with E-state index in [1.807, 2.05) is 6.08 Å². The summed E-state index contributed by atoms with van der Waals surface area (Å²) in [6.45, 7) is 3.42. The minimum absolute atomic E-state index is 0.256. The fourth-order valence-electron chi connectivity index (χ4n) is 11.2. The molecule has 0 aliphatic carbocycles. The van der Waals surface area contributed by atoms with Gasteiger partial charge in [-0.15, -0.1) is 0 Å². The van der Waals surface area contributed by atoms with Crippen LogP contribution in [0.4, 0.5) is 0 Å². The van der Waals surface area contributed by atoms with Gasteiger partial charge in [-0.25, -0.2) is 4.18 Å². The van der Waals surface area contributed by atoms with Gasteiger partial charge < -0.3 is 35.2 Å². The van der Waals surface area contributed by atoms with Gasteiger partial charge in [0.15, 0.2) is 6.29 Å². The molecule has 1 heterocycles. The molecule has 0 aromatic rings. The standard InChI is InChI=1S/C65H127NO11S/c1-3-5-7-9-11-13-15-17-18-19-20-21-22-23-24-25-26-27-28-29-30-31-32-33-34-35-36-37-38-39-40-41-42-43-45-47-49-51-53-55-61(69)66-58(59(68)54-52-50-48-46-44-16-14-12-10-8-6-4-2)57-75-65-63(71)64(77-78(72,73)74)62(70)60(56-67)76-65/h52,54,58-60,62-65,67-68,70-71H,3-51,53,55-57H2,1-2H3,(H,66,69)(H,72,73,74)/b54-52+. The van der Waals surface area contributed by atoms with Gasteiger partial charge in [-0.1, -0.05) is 328 Å². The molecule has 1 saturated heterocycles. The summed E-state index contributed by atoms with van der Waals surface area (Å²) in [5.41, 5.74) is 0. The molecule has 78 heavy (non-hydrogen) atoms. The number of aliphatic hydroxyl groups excluding tert-OH is 4. The maximum absolute atomic E-state index is 13.1. The molecular formula is C65H127NO11S. The van der Waals surface area contributed by atoms with Crippen LogP contribution in [0.2, 0.25) is 0 Å². The zero-order valence-electron chi connectivity index (χ0n) is 50.8. The molecule has 1 fully saturated rings. The molecule has 0 aromatic heterocycles. The average Bonchev–Trinajstić information content (AvgIpc) is 3.46. The SMILES string of the molecule is CCCCCCCCCCCC/C=C/C(O)C(COC1OC(CO)C(O)C(OS(=O)(=O)O)C1O)NC(=O)CCCCCCCCCCCCCCCCCCCCCCCCCCCCCCCCCCCCCCCCC. The lowest BCUT2D eigenvalue weighted by Gasteiger charge is -2.41. The predicted octanol–water partition coefficient (Wildman–Crippen LogP) is 17.0. The molecule has 0 aromatic carbocycles. The molecular weight excluding hydrogens is 1000 g/mol. The van der Waals surface area contributed by atoms with Crippen LogP contribution in [0.25, 0.3) is 0 Å². The van der Waals surface area contributed by atoms with Crippen molar-refractivity contribution in [2.45, 2.75) is 384 Å². The zero-order chi connectivity index (χ0) is 56.8. The number of hydrogen-bond donors (Lipinski definition) is 6. The van der Waals surface area contributed by atoms with Gasteiger partial charge in [0.05, 0.1) is 25.4 Å². The summed E-state index contributed by atoms with van der Waals surface area (Å²) in [5, 5.41) is 44.9. The third kappa shape index (κ3) is 46.3. The van der Waals surface area contributed by atoms with Gasteiger partial charge in [0.1, 0.15) is 24.4 Å².